The van der Waals surface area contributed by atoms with Gasteiger partial charge in [0.15, 0.2) is 0 Å². The molecule has 0 radical (unpaired) electrons. The van der Waals surface area contributed by atoms with Gasteiger partial charge in [-0.15, -0.1) is 0 Å². The van der Waals surface area contributed by atoms with Gasteiger partial charge in [-0.05, 0) is 36.1 Å². The molecule has 0 aliphatic rings. The maximum Gasteiger partial charge on any atom is 0.0774 e. The standard InChI is InChI=1S/C20H30N2/c1-7-22(8-2)15-10-9-14-21-20-18(16(3)4)12-11-13-19(20)17(5)6/h11-14,16-17H,7-8,15H2,1-6H3. The summed E-state index contributed by atoms with van der Waals surface area (Å²) < 4.78 is 0. The maximum absolute atomic E-state index is 4.68. The van der Waals surface area contributed by atoms with Crippen LogP contribution in [0.25, 0.3) is 0 Å². The predicted molar refractivity (Wildman–Crippen MR) is 98.3 cm³/mol. The molecule has 0 saturated heterocycles. The van der Waals surface area contributed by atoms with Crippen molar-refractivity contribution in [1.29, 1.82) is 0 Å². The number of nitrogens with zero attached hydrogens (tertiary/aromatic N) is 2. The molecule has 2 heteroatoms. The Kier molecular flexibility index (Phi) is 7.91. The van der Waals surface area contributed by atoms with E-state index in [1.807, 2.05) is 0 Å². The van der Waals surface area contributed by atoms with E-state index < -0.39 is 0 Å². The van der Waals surface area contributed by atoms with Crippen LogP contribution in [-0.4, -0.2) is 30.7 Å². The lowest BCUT2D eigenvalue weighted by Crippen LogP contribution is -2.22. The van der Waals surface area contributed by atoms with Crippen LogP contribution in [0.4, 0.5) is 5.69 Å². The minimum Gasteiger partial charge on any atom is -0.293 e. The second-order valence-electron chi connectivity index (χ2n) is 6.14. The summed E-state index contributed by atoms with van der Waals surface area (Å²) >= 11 is 0. The quantitative estimate of drug-likeness (QED) is 0.534. The summed E-state index contributed by atoms with van der Waals surface area (Å²) in [5.41, 5.74) is 3.70. The summed E-state index contributed by atoms with van der Waals surface area (Å²) in [6.07, 6.45) is 1.76. The maximum atomic E-state index is 4.68. The molecule has 0 heterocycles. The smallest absolute Gasteiger partial charge is 0.0774 e. The molecule has 0 aliphatic carbocycles. The lowest BCUT2D eigenvalue weighted by atomic mass is 9.93. The zero-order chi connectivity index (χ0) is 16.5. The first-order valence-corrected chi connectivity index (χ1v) is 8.37. The Labute approximate surface area is 136 Å². The van der Waals surface area contributed by atoms with Gasteiger partial charge in [-0.25, -0.2) is 4.99 Å². The van der Waals surface area contributed by atoms with E-state index in [4.69, 9.17) is 0 Å². The number of hydrogen-bond donors (Lipinski definition) is 0. The van der Waals surface area contributed by atoms with E-state index in [0.29, 0.717) is 11.8 Å². The molecule has 1 aromatic rings. The Bertz CT molecular complexity index is 514. The zero-order valence-electron chi connectivity index (χ0n) is 15.0. The summed E-state index contributed by atoms with van der Waals surface area (Å²) in [5.74, 6) is 7.20. The van der Waals surface area contributed by atoms with Crippen molar-refractivity contribution in [2.24, 2.45) is 4.99 Å². The molecule has 0 N–H and O–H groups in total. The second-order valence-corrected chi connectivity index (χ2v) is 6.14. The number of para-hydroxylation sites is 1. The first-order valence-electron chi connectivity index (χ1n) is 8.37. The fourth-order valence-electron chi connectivity index (χ4n) is 2.41. The molecule has 0 aromatic heterocycles. The Morgan fingerprint density at radius 3 is 2.05 bits per heavy atom. The molecule has 2 nitrogen and oxygen atoms in total. The molecule has 120 valence electrons. The van der Waals surface area contributed by atoms with Gasteiger partial charge in [0.05, 0.1) is 18.4 Å². The highest BCUT2D eigenvalue weighted by Gasteiger charge is 2.12. The highest BCUT2D eigenvalue weighted by molar-refractivity contribution is 5.82. The third kappa shape index (κ3) is 5.31. The molecule has 1 rings (SSSR count). The predicted octanol–water partition coefficient (Wildman–Crippen LogP) is 4.98. The van der Waals surface area contributed by atoms with Crippen LogP contribution in [0.1, 0.15) is 64.5 Å². The van der Waals surface area contributed by atoms with Crippen LogP contribution in [0.5, 0.6) is 0 Å². The van der Waals surface area contributed by atoms with Crippen LogP contribution in [0.15, 0.2) is 23.2 Å². The van der Waals surface area contributed by atoms with E-state index in [1.54, 1.807) is 6.21 Å². The Balaban J connectivity index is 2.96. The average molecular weight is 298 g/mol. The van der Waals surface area contributed by atoms with Gasteiger partial charge < -0.3 is 0 Å². The van der Waals surface area contributed by atoms with Crippen molar-refractivity contribution in [3.63, 3.8) is 0 Å². The molecular formula is C20H30N2. The van der Waals surface area contributed by atoms with Crippen molar-refractivity contribution in [1.82, 2.24) is 4.90 Å². The molecule has 0 aliphatic heterocycles. The van der Waals surface area contributed by atoms with Crippen LogP contribution in [-0.2, 0) is 0 Å². The summed E-state index contributed by atoms with van der Waals surface area (Å²) in [6, 6.07) is 6.48. The summed E-state index contributed by atoms with van der Waals surface area (Å²) in [5, 5.41) is 0. The number of benzene rings is 1. The summed E-state index contributed by atoms with van der Waals surface area (Å²) in [4.78, 5) is 6.97. The molecule has 0 amide bonds. The Morgan fingerprint density at radius 1 is 1.05 bits per heavy atom. The van der Waals surface area contributed by atoms with Crippen LogP contribution in [0.2, 0.25) is 0 Å². The van der Waals surface area contributed by atoms with Gasteiger partial charge in [-0.3, -0.25) is 4.90 Å². The third-order valence-corrected chi connectivity index (χ3v) is 3.90. The lowest BCUT2D eigenvalue weighted by Gasteiger charge is -2.15. The first-order chi connectivity index (χ1) is 10.5. The average Bonchev–Trinajstić information content (AvgIpc) is 2.50. The van der Waals surface area contributed by atoms with E-state index in [9.17, 15) is 0 Å². The molecule has 0 fully saturated rings. The minimum atomic E-state index is 0.467. The van der Waals surface area contributed by atoms with E-state index in [1.165, 1.54) is 11.1 Å². The van der Waals surface area contributed by atoms with Gasteiger partial charge in [0.1, 0.15) is 0 Å². The largest absolute Gasteiger partial charge is 0.293 e. The summed E-state index contributed by atoms with van der Waals surface area (Å²) in [7, 11) is 0. The third-order valence-electron chi connectivity index (χ3n) is 3.90. The highest BCUT2D eigenvalue weighted by atomic mass is 15.1. The van der Waals surface area contributed by atoms with E-state index in [2.05, 4.69) is 81.5 Å². The van der Waals surface area contributed by atoms with Gasteiger partial charge in [-0.1, -0.05) is 71.6 Å². The molecule has 0 bridgehead atoms. The van der Waals surface area contributed by atoms with Crippen molar-refractivity contribution < 1.29 is 0 Å². The normalized spacial score (nSPS) is 11.5. The fourth-order valence-corrected chi connectivity index (χ4v) is 2.41. The lowest BCUT2D eigenvalue weighted by molar-refractivity contribution is 0.342. The Hall–Kier alpha value is -1.59. The van der Waals surface area contributed by atoms with Crippen molar-refractivity contribution in [2.75, 3.05) is 19.6 Å². The van der Waals surface area contributed by atoms with Crippen molar-refractivity contribution in [3.8, 4) is 11.8 Å². The van der Waals surface area contributed by atoms with Crippen molar-refractivity contribution in [3.05, 3.63) is 29.3 Å². The van der Waals surface area contributed by atoms with Crippen molar-refractivity contribution in [2.45, 2.75) is 53.4 Å². The zero-order valence-corrected chi connectivity index (χ0v) is 15.0. The minimum absolute atomic E-state index is 0.467. The number of rotatable bonds is 6. The molecular weight excluding hydrogens is 268 g/mol. The monoisotopic (exact) mass is 298 g/mol. The molecule has 22 heavy (non-hydrogen) atoms. The van der Waals surface area contributed by atoms with Gasteiger partial charge in [0, 0.05) is 0 Å². The van der Waals surface area contributed by atoms with E-state index in [-0.39, 0.29) is 0 Å². The van der Waals surface area contributed by atoms with Crippen LogP contribution in [0.3, 0.4) is 0 Å². The molecule has 0 atom stereocenters. The fraction of sp³-hybridized carbons (Fsp3) is 0.550. The van der Waals surface area contributed by atoms with Gasteiger partial charge in [-0.2, -0.15) is 0 Å². The molecule has 0 spiro atoms. The second kappa shape index (κ2) is 9.43. The first kappa shape index (κ1) is 18.5. The molecule has 1 aromatic carbocycles. The van der Waals surface area contributed by atoms with Gasteiger partial charge >= 0.3 is 0 Å². The number of hydrogen-bond acceptors (Lipinski definition) is 2. The van der Waals surface area contributed by atoms with Gasteiger partial charge in [0.2, 0.25) is 0 Å². The van der Waals surface area contributed by atoms with Gasteiger partial charge in [0.25, 0.3) is 0 Å². The molecule has 0 unspecified atom stereocenters. The Morgan fingerprint density at radius 2 is 1.59 bits per heavy atom. The van der Waals surface area contributed by atoms with Crippen molar-refractivity contribution >= 4 is 11.9 Å². The molecule has 0 saturated carbocycles. The van der Waals surface area contributed by atoms with E-state index >= 15 is 0 Å². The highest BCUT2D eigenvalue weighted by Crippen LogP contribution is 2.34. The van der Waals surface area contributed by atoms with Crippen LogP contribution in [0, 0.1) is 11.8 Å². The SMILES string of the molecule is CCN(CC)CC#CC=Nc1c(C(C)C)cccc1C(C)C. The summed E-state index contributed by atoms with van der Waals surface area (Å²) in [6.45, 7) is 16.1. The topological polar surface area (TPSA) is 15.6 Å². The van der Waals surface area contributed by atoms with E-state index in [0.717, 1.165) is 25.3 Å². The van der Waals surface area contributed by atoms with Crippen LogP contribution >= 0.6 is 0 Å². The van der Waals surface area contributed by atoms with Crippen LogP contribution < -0.4 is 0 Å². The number of aliphatic imine (C=N–C) groups is 1.